The van der Waals surface area contributed by atoms with Crippen LogP contribution in [0.3, 0.4) is 0 Å². The number of ether oxygens (including phenoxy) is 2. The van der Waals surface area contributed by atoms with E-state index >= 15 is 0 Å². The van der Waals surface area contributed by atoms with Crippen molar-refractivity contribution in [1.29, 1.82) is 0 Å². The number of hydrogen-bond acceptors (Lipinski definition) is 6. The molecule has 2 aromatic heterocycles. The molecule has 5 rings (SSSR count). The van der Waals surface area contributed by atoms with E-state index < -0.39 is 6.10 Å². The number of halogens is 1. The number of carbonyl (C=O) groups is 1. The molecular weight excluding hydrogens is 526 g/mol. The van der Waals surface area contributed by atoms with Crippen molar-refractivity contribution in [3.8, 4) is 17.4 Å². The highest BCUT2D eigenvalue weighted by Gasteiger charge is 2.20. The van der Waals surface area contributed by atoms with Gasteiger partial charge in [0.05, 0.1) is 5.52 Å². The Labute approximate surface area is 240 Å². The van der Waals surface area contributed by atoms with Crippen LogP contribution in [0.5, 0.6) is 17.4 Å². The first kappa shape index (κ1) is 29.1. The van der Waals surface area contributed by atoms with Gasteiger partial charge in [-0.15, -0.1) is 12.4 Å². The van der Waals surface area contributed by atoms with E-state index in [-0.39, 0.29) is 30.3 Å². The van der Waals surface area contributed by atoms with Gasteiger partial charge in [-0.25, -0.2) is 4.98 Å². The maximum atomic E-state index is 11.4. The lowest BCUT2D eigenvalue weighted by Gasteiger charge is -2.28. The van der Waals surface area contributed by atoms with Crippen LogP contribution in [0, 0.1) is 0 Å². The van der Waals surface area contributed by atoms with Crippen molar-refractivity contribution >= 4 is 40.0 Å². The molecule has 0 saturated carbocycles. The molecule has 7 nitrogen and oxygen atoms in total. The Morgan fingerprint density at radius 1 is 1.00 bits per heavy atom. The molecule has 0 fully saturated rings. The fourth-order valence-corrected chi connectivity index (χ4v) is 4.65. The molecular formula is C32H34ClN3O4. The molecule has 3 aromatic carbocycles. The molecule has 40 heavy (non-hydrogen) atoms. The number of para-hydroxylation sites is 1. The molecule has 5 aromatic rings. The van der Waals surface area contributed by atoms with Crippen molar-refractivity contribution in [3.63, 3.8) is 0 Å². The smallest absolute Gasteiger partial charge is 0.219 e. The quantitative estimate of drug-likeness (QED) is 0.160. The van der Waals surface area contributed by atoms with E-state index in [0.717, 1.165) is 39.5 Å². The van der Waals surface area contributed by atoms with E-state index in [1.54, 1.807) is 12.1 Å². The molecule has 0 aliphatic carbocycles. The second kappa shape index (κ2) is 12.5. The highest BCUT2D eigenvalue weighted by atomic mass is 35.5. The van der Waals surface area contributed by atoms with Crippen molar-refractivity contribution in [2.45, 2.75) is 38.8 Å². The Hall–Kier alpha value is -3.91. The van der Waals surface area contributed by atoms with Gasteiger partial charge in [-0.05, 0) is 69.2 Å². The summed E-state index contributed by atoms with van der Waals surface area (Å²) in [5.74, 6) is 1.84. The number of rotatable bonds is 11. The number of pyridine rings is 1. The summed E-state index contributed by atoms with van der Waals surface area (Å²) in [5.41, 5.74) is 3.52. The number of aromatic amines is 1. The fourth-order valence-electron chi connectivity index (χ4n) is 4.65. The van der Waals surface area contributed by atoms with Gasteiger partial charge in [0.1, 0.15) is 24.2 Å². The van der Waals surface area contributed by atoms with Crippen molar-refractivity contribution in [3.05, 3.63) is 96.2 Å². The van der Waals surface area contributed by atoms with E-state index in [4.69, 9.17) is 9.47 Å². The maximum Gasteiger partial charge on any atom is 0.219 e. The largest absolute Gasteiger partial charge is 0.490 e. The number of nitrogens with zero attached hydrogens (tertiary/aromatic N) is 1. The topological polar surface area (TPSA) is 96.5 Å². The third-order valence-electron chi connectivity index (χ3n) is 6.67. The van der Waals surface area contributed by atoms with E-state index in [9.17, 15) is 9.90 Å². The highest BCUT2D eigenvalue weighted by molar-refractivity contribution is 6.10. The summed E-state index contributed by atoms with van der Waals surface area (Å²) in [5, 5.41) is 16.3. The Balaban J connectivity index is 0.00000370. The van der Waals surface area contributed by atoms with Crippen LogP contribution in [0.2, 0.25) is 0 Å². The summed E-state index contributed by atoms with van der Waals surface area (Å²) in [6, 6.07) is 25.3. The number of Topliss-reactive ketones (excluding diaryl/α,β-unsaturated/α-hetero) is 1. The first-order valence-electron chi connectivity index (χ1n) is 13.1. The molecule has 0 bridgehead atoms. The molecule has 0 saturated heterocycles. The second-order valence-electron chi connectivity index (χ2n) is 10.4. The summed E-state index contributed by atoms with van der Waals surface area (Å²) in [6.07, 6.45) is 1.62. The minimum absolute atomic E-state index is 0. The molecule has 1 atom stereocenters. The average molecular weight is 560 g/mol. The molecule has 8 heteroatoms. The molecule has 2 heterocycles. The Morgan fingerprint density at radius 3 is 2.48 bits per heavy atom. The number of H-pyrrole nitrogens is 1. The van der Waals surface area contributed by atoms with Crippen LogP contribution in [0.1, 0.15) is 36.7 Å². The Bertz CT molecular complexity index is 1580. The number of ketones is 1. The zero-order valence-electron chi connectivity index (χ0n) is 22.8. The van der Waals surface area contributed by atoms with Gasteiger partial charge in [0.2, 0.25) is 5.88 Å². The molecule has 0 radical (unpaired) electrons. The van der Waals surface area contributed by atoms with Gasteiger partial charge in [-0.2, -0.15) is 0 Å². The normalized spacial score (nSPS) is 12.2. The van der Waals surface area contributed by atoms with Crippen molar-refractivity contribution in [2.24, 2.45) is 0 Å². The minimum atomic E-state index is -0.664. The molecule has 0 spiro atoms. The number of β-amino-alcohol motifs (C(OH)–C–C–N with tert-alkyl or cyclic N) is 1. The molecule has 0 amide bonds. The number of aromatic nitrogens is 2. The van der Waals surface area contributed by atoms with Gasteiger partial charge in [0.15, 0.2) is 5.78 Å². The number of nitrogens with one attached hydrogen (secondary N) is 2. The van der Waals surface area contributed by atoms with Crippen LogP contribution in [0.4, 0.5) is 0 Å². The second-order valence-corrected chi connectivity index (χ2v) is 10.4. The number of hydrogen-bond donors (Lipinski definition) is 3. The van der Waals surface area contributed by atoms with Crippen LogP contribution in [0.25, 0.3) is 21.8 Å². The standard InChI is InChI=1S/C32H33N3O4.ClH/c1-21(36)23-13-16-30(33-18-23)39-25-14-11-22(12-15-25)17-32(2,3)34-19-24(37)20-38-29-10-6-9-28-31(29)26-7-4-5-8-27(26)35-28;/h4-16,18,24,34-35,37H,17,19-20H2,1-3H3;1H/t24-;/m0./s1. The van der Waals surface area contributed by atoms with Crippen LogP contribution < -0.4 is 14.8 Å². The third kappa shape index (κ3) is 6.99. The summed E-state index contributed by atoms with van der Waals surface area (Å²) < 4.78 is 11.9. The lowest BCUT2D eigenvalue weighted by atomic mass is 9.94. The number of fused-ring (bicyclic) bond motifs is 3. The molecule has 3 N–H and O–H groups in total. The maximum absolute atomic E-state index is 11.4. The number of carbonyl (C=O) groups excluding carboxylic acids is 1. The third-order valence-corrected chi connectivity index (χ3v) is 6.67. The monoisotopic (exact) mass is 559 g/mol. The Kier molecular flexibility index (Phi) is 9.10. The van der Waals surface area contributed by atoms with Crippen LogP contribution in [-0.4, -0.2) is 45.7 Å². The van der Waals surface area contributed by atoms with Crippen molar-refractivity contribution in [2.75, 3.05) is 13.2 Å². The summed E-state index contributed by atoms with van der Waals surface area (Å²) in [7, 11) is 0. The lowest BCUT2D eigenvalue weighted by molar-refractivity contribution is 0.0996. The number of aliphatic hydroxyl groups is 1. The van der Waals surface area contributed by atoms with Gasteiger partial charge >= 0.3 is 0 Å². The average Bonchev–Trinajstić information content (AvgIpc) is 3.31. The molecule has 0 unspecified atom stereocenters. The van der Waals surface area contributed by atoms with Gasteiger partial charge in [-0.1, -0.05) is 36.4 Å². The molecule has 208 valence electrons. The molecule has 0 aliphatic rings. The lowest BCUT2D eigenvalue weighted by Crippen LogP contribution is -2.46. The SMILES string of the molecule is CC(=O)c1ccc(Oc2ccc(CC(C)(C)NC[C@H](O)COc3cccc4[nH]c5ccccc5c34)cc2)nc1.Cl. The van der Waals surface area contributed by atoms with E-state index in [1.165, 1.54) is 13.1 Å². The summed E-state index contributed by atoms with van der Waals surface area (Å²) >= 11 is 0. The highest BCUT2D eigenvalue weighted by Crippen LogP contribution is 2.33. The number of aliphatic hydroxyl groups excluding tert-OH is 1. The van der Waals surface area contributed by atoms with E-state index in [2.05, 4.69) is 35.2 Å². The summed E-state index contributed by atoms with van der Waals surface area (Å²) in [4.78, 5) is 19.0. The molecule has 0 aliphatic heterocycles. The van der Waals surface area contributed by atoms with Crippen molar-refractivity contribution in [1.82, 2.24) is 15.3 Å². The predicted octanol–water partition coefficient (Wildman–Crippen LogP) is 6.48. The zero-order chi connectivity index (χ0) is 27.4. The van der Waals surface area contributed by atoms with Crippen molar-refractivity contribution < 1.29 is 19.4 Å². The first-order valence-corrected chi connectivity index (χ1v) is 13.1. The van der Waals surface area contributed by atoms with Gasteiger partial charge in [0.25, 0.3) is 0 Å². The number of benzene rings is 3. The van der Waals surface area contributed by atoms with Gasteiger partial charge in [-0.3, -0.25) is 4.79 Å². The predicted molar refractivity (Wildman–Crippen MR) is 161 cm³/mol. The van der Waals surface area contributed by atoms with Gasteiger partial charge < -0.3 is 24.9 Å². The first-order chi connectivity index (χ1) is 18.8. The van der Waals surface area contributed by atoms with Crippen LogP contribution >= 0.6 is 12.4 Å². The van der Waals surface area contributed by atoms with Crippen LogP contribution in [-0.2, 0) is 6.42 Å². The Morgan fingerprint density at radius 2 is 1.75 bits per heavy atom. The zero-order valence-corrected chi connectivity index (χ0v) is 23.6. The van der Waals surface area contributed by atoms with E-state index in [1.807, 2.05) is 60.7 Å². The van der Waals surface area contributed by atoms with E-state index in [0.29, 0.717) is 23.7 Å². The fraction of sp³-hybridized carbons (Fsp3) is 0.250. The van der Waals surface area contributed by atoms with Crippen LogP contribution in [0.15, 0.2) is 85.1 Å². The van der Waals surface area contributed by atoms with Gasteiger partial charge in [0, 0.05) is 46.2 Å². The minimum Gasteiger partial charge on any atom is -0.490 e. The summed E-state index contributed by atoms with van der Waals surface area (Å²) in [6.45, 7) is 6.32.